The highest BCUT2D eigenvalue weighted by Gasteiger charge is 2.17. The molecule has 0 unspecified atom stereocenters. The molecule has 3 rings (SSSR count). The summed E-state index contributed by atoms with van der Waals surface area (Å²) in [5, 5.41) is 15.3. The lowest BCUT2D eigenvalue weighted by atomic mass is 10.0. The molecular weight excluding hydrogens is 316 g/mol. The fourth-order valence-corrected chi connectivity index (χ4v) is 2.94. The van der Waals surface area contributed by atoms with Gasteiger partial charge in [0.25, 0.3) is 0 Å². The van der Waals surface area contributed by atoms with E-state index in [9.17, 15) is 14.7 Å². The normalized spacial score (nSPS) is 10.9. The van der Waals surface area contributed by atoms with Gasteiger partial charge in [0.1, 0.15) is 11.3 Å². The van der Waals surface area contributed by atoms with E-state index in [2.05, 4.69) is 10.3 Å². The molecule has 0 aliphatic rings. The molecule has 2 aromatic heterocycles. The van der Waals surface area contributed by atoms with Crippen LogP contribution in [0.3, 0.4) is 0 Å². The predicted octanol–water partition coefficient (Wildman–Crippen LogP) is 2.75. The van der Waals surface area contributed by atoms with Gasteiger partial charge >= 0.3 is 5.63 Å². The fraction of sp³-hybridized carbons (Fsp3) is 0.188. The van der Waals surface area contributed by atoms with Crippen LogP contribution >= 0.6 is 11.3 Å². The number of carbonyl (C=O) groups excluding carboxylic acids is 1. The number of nitrogens with one attached hydrogen (secondary N) is 1. The zero-order valence-corrected chi connectivity index (χ0v) is 13.4. The summed E-state index contributed by atoms with van der Waals surface area (Å²) >= 11 is 1.30. The first kappa shape index (κ1) is 15.2. The first-order chi connectivity index (χ1) is 11.0. The molecule has 0 saturated carbocycles. The van der Waals surface area contributed by atoms with Gasteiger partial charge in [-0.3, -0.25) is 4.79 Å². The highest BCUT2D eigenvalue weighted by molar-refractivity contribution is 7.13. The van der Waals surface area contributed by atoms with Crippen LogP contribution in [-0.4, -0.2) is 16.0 Å². The van der Waals surface area contributed by atoms with E-state index in [1.54, 1.807) is 37.6 Å². The van der Waals surface area contributed by atoms with Gasteiger partial charge in [-0.05, 0) is 31.5 Å². The van der Waals surface area contributed by atoms with Crippen molar-refractivity contribution in [2.75, 3.05) is 5.32 Å². The number of aromatic nitrogens is 1. The van der Waals surface area contributed by atoms with Crippen molar-refractivity contribution >= 4 is 33.3 Å². The van der Waals surface area contributed by atoms with Gasteiger partial charge in [-0.25, -0.2) is 9.78 Å². The van der Waals surface area contributed by atoms with Crippen molar-refractivity contribution < 1.29 is 14.3 Å². The van der Waals surface area contributed by atoms with Crippen LogP contribution < -0.4 is 10.9 Å². The van der Waals surface area contributed by atoms with Crippen LogP contribution in [0.1, 0.15) is 16.7 Å². The molecule has 0 radical (unpaired) electrons. The van der Waals surface area contributed by atoms with Crippen molar-refractivity contribution in [3.63, 3.8) is 0 Å². The van der Waals surface area contributed by atoms with Crippen LogP contribution in [-0.2, 0) is 11.2 Å². The lowest BCUT2D eigenvalue weighted by molar-refractivity contribution is -0.115. The number of aryl methyl sites for hydroxylation is 2. The molecule has 1 aromatic carbocycles. The van der Waals surface area contributed by atoms with Crippen molar-refractivity contribution in [3.8, 4) is 5.75 Å². The molecule has 2 N–H and O–H groups in total. The van der Waals surface area contributed by atoms with Gasteiger partial charge in [0, 0.05) is 22.5 Å². The Morgan fingerprint density at radius 2 is 2.13 bits per heavy atom. The van der Waals surface area contributed by atoms with Gasteiger partial charge in [-0.2, -0.15) is 0 Å². The Balaban J connectivity index is 2.00. The number of carbonyl (C=O) groups is 1. The third-order valence-corrected chi connectivity index (χ3v) is 4.38. The summed E-state index contributed by atoms with van der Waals surface area (Å²) in [7, 11) is 0. The quantitative estimate of drug-likeness (QED) is 0.720. The van der Waals surface area contributed by atoms with E-state index in [1.165, 1.54) is 11.3 Å². The van der Waals surface area contributed by atoms with Crippen molar-refractivity contribution in [1.82, 2.24) is 4.98 Å². The number of hydrogen-bond acceptors (Lipinski definition) is 6. The standard InChI is InChI=1S/C16H14N2O4S/c1-8-10-3-4-12(19)9(2)14(10)22-15(21)11(8)7-13(20)18-16-17-5-6-23-16/h3-6,19H,7H2,1-2H3,(H,17,18,20). The number of phenols is 1. The largest absolute Gasteiger partial charge is 0.508 e. The number of aromatic hydroxyl groups is 1. The van der Waals surface area contributed by atoms with Crippen LogP contribution in [0.15, 0.2) is 32.9 Å². The van der Waals surface area contributed by atoms with Crippen LogP contribution in [0.4, 0.5) is 5.13 Å². The summed E-state index contributed by atoms with van der Waals surface area (Å²) in [6.45, 7) is 3.44. The Morgan fingerprint density at radius 3 is 2.83 bits per heavy atom. The van der Waals surface area contributed by atoms with E-state index >= 15 is 0 Å². The van der Waals surface area contributed by atoms with Gasteiger partial charge in [-0.1, -0.05) is 0 Å². The number of phenolic OH excluding ortho intramolecular Hbond substituents is 1. The van der Waals surface area contributed by atoms with Crippen molar-refractivity contribution in [1.29, 1.82) is 0 Å². The van der Waals surface area contributed by atoms with Crippen molar-refractivity contribution in [2.24, 2.45) is 0 Å². The molecule has 1 amide bonds. The topological polar surface area (TPSA) is 92.4 Å². The zero-order chi connectivity index (χ0) is 16.6. The fourth-order valence-electron chi connectivity index (χ4n) is 2.39. The van der Waals surface area contributed by atoms with E-state index in [0.717, 1.165) is 0 Å². The average molecular weight is 330 g/mol. The number of rotatable bonds is 3. The first-order valence-electron chi connectivity index (χ1n) is 6.91. The maximum atomic E-state index is 12.2. The Kier molecular flexibility index (Phi) is 3.87. The maximum Gasteiger partial charge on any atom is 0.340 e. The summed E-state index contributed by atoms with van der Waals surface area (Å²) in [5.41, 5.74) is 1.25. The maximum absolute atomic E-state index is 12.2. The molecule has 3 aromatic rings. The minimum absolute atomic E-state index is 0.0642. The number of amides is 1. The first-order valence-corrected chi connectivity index (χ1v) is 7.79. The predicted molar refractivity (Wildman–Crippen MR) is 88.1 cm³/mol. The molecule has 2 heterocycles. The number of anilines is 1. The highest BCUT2D eigenvalue weighted by Crippen LogP contribution is 2.28. The molecule has 0 saturated heterocycles. The van der Waals surface area contributed by atoms with Crippen LogP contribution in [0.5, 0.6) is 5.75 Å². The summed E-state index contributed by atoms with van der Waals surface area (Å²) < 4.78 is 5.31. The molecule has 0 aliphatic heterocycles. The van der Waals surface area contributed by atoms with Crippen molar-refractivity contribution in [2.45, 2.75) is 20.3 Å². The van der Waals surface area contributed by atoms with Crippen molar-refractivity contribution in [3.05, 3.63) is 50.8 Å². The van der Waals surface area contributed by atoms with E-state index in [0.29, 0.717) is 32.8 Å². The Labute approximate surface area is 135 Å². The smallest absolute Gasteiger partial charge is 0.340 e. The third-order valence-electron chi connectivity index (χ3n) is 3.69. The van der Waals surface area contributed by atoms with Gasteiger partial charge in [0.05, 0.1) is 12.0 Å². The monoisotopic (exact) mass is 330 g/mol. The summed E-state index contributed by atoms with van der Waals surface area (Å²) in [6.07, 6.45) is 1.49. The molecule has 0 aliphatic carbocycles. The SMILES string of the molecule is Cc1c(CC(=O)Nc2nccs2)c(=O)oc2c(C)c(O)ccc12. The number of thiazole rings is 1. The molecule has 23 heavy (non-hydrogen) atoms. The number of benzene rings is 1. The second kappa shape index (κ2) is 5.85. The lowest BCUT2D eigenvalue weighted by Gasteiger charge is -2.09. The molecule has 0 fully saturated rings. The second-order valence-corrected chi connectivity index (χ2v) is 6.04. The number of fused-ring (bicyclic) bond motifs is 1. The highest BCUT2D eigenvalue weighted by atomic mass is 32.1. The van der Waals surface area contributed by atoms with E-state index < -0.39 is 5.63 Å². The summed E-state index contributed by atoms with van der Waals surface area (Å²) in [6, 6.07) is 3.22. The molecular formula is C16H14N2O4S. The second-order valence-electron chi connectivity index (χ2n) is 5.14. The molecule has 6 nitrogen and oxygen atoms in total. The molecule has 0 bridgehead atoms. The van der Waals surface area contributed by atoms with E-state index in [-0.39, 0.29) is 18.1 Å². The zero-order valence-electron chi connectivity index (χ0n) is 12.5. The average Bonchev–Trinajstić information content (AvgIpc) is 3.00. The number of hydrogen-bond donors (Lipinski definition) is 2. The van der Waals surface area contributed by atoms with E-state index in [1.807, 2.05) is 0 Å². The van der Waals surface area contributed by atoms with Gasteiger partial charge in [-0.15, -0.1) is 11.3 Å². The molecule has 0 atom stereocenters. The lowest BCUT2D eigenvalue weighted by Crippen LogP contribution is -2.20. The number of nitrogens with zero attached hydrogens (tertiary/aromatic N) is 1. The summed E-state index contributed by atoms with van der Waals surface area (Å²) in [5.74, 6) is -0.264. The van der Waals surface area contributed by atoms with Crippen LogP contribution in [0, 0.1) is 13.8 Å². The van der Waals surface area contributed by atoms with Crippen LogP contribution in [0.2, 0.25) is 0 Å². The minimum atomic E-state index is -0.571. The molecule has 0 spiro atoms. The van der Waals surface area contributed by atoms with Crippen LogP contribution in [0.25, 0.3) is 11.0 Å². The third kappa shape index (κ3) is 2.83. The van der Waals surface area contributed by atoms with Gasteiger partial charge < -0.3 is 14.8 Å². The Morgan fingerprint density at radius 1 is 1.35 bits per heavy atom. The molecule has 7 heteroatoms. The molecule has 118 valence electrons. The minimum Gasteiger partial charge on any atom is -0.508 e. The Bertz CT molecular complexity index is 945. The van der Waals surface area contributed by atoms with E-state index in [4.69, 9.17) is 4.42 Å². The van der Waals surface area contributed by atoms with Gasteiger partial charge in [0.2, 0.25) is 5.91 Å². The van der Waals surface area contributed by atoms with Gasteiger partial charge in [0.15, 0.2) is 5.13 Å². The Hall–Kier alpha value is -2.67. The summed E-state index contributed by atoms with van der Waals surface area (Å²) in [4.78, 5) is 28.3.